The topological polar surface area (TPSA) is 46.5 Å². The highest BCUT2D eigenvalue weighted by atomic mass is 16.5. The summed E-state index contributed by atoms with van der Waals surface area (Å²) in [5.74, 6) is -0.325. The Morgan fingerprint density at radius 3 is 3.07 bits per heavy atom. The Balaban J connectivity index is 2.37. The van der Waals surface area contributed by atoms with E-state index in [0.29, 0.717) is 5.56 Å². The molecule has 0 heterocycles. The smallest absolute Gasteiger partial charge is 0.337 e. The Bertz CT molecular complexity index is 371. The predicted molar refractivity (Wildman–Crippen MR) is 51.1 cm³/mol. The minimum Gasteiger partial charge on any atom is -0.465 e. The molecule has 1 atom stereocenters. The Labute approximate surface area is 82.3 Å². The van der Waals surface area contributed by atoms with Crippen molar-refractivity contribution in [3.8, 4) is 0 Å². The van der Waals surface area contributed by atoms with Crippen LogP contribution in [0.2, 0.25) is 0 Å². The number of aliphatic hydroxyl groups is 1. The second kappa shape index (κ2) is 3.42. The minimum absolute atomic E-state index is 0.325. The summed E-state index contributed by atoms with van der Waals surface area (Å²) in [6.07, 6.45) is 1.22. The summed E-state index contributed by atoms with van der Waals surface area (Å²) < 4.78 is 4.62. The Kier molecular flexibility index (Phi) is 2.25. The van der Waals surface area contributed by atoms with Gasteiger partial charge in [-0.25, -0.2) is 4.79 Å². The SMILES string of the molecule is COC(=O)c1ccc2c(c1)CC[C@@H]2O. The highest BCUT2D eigenvalue weighted by Crippen LogP contribution is 2.31. The third-order valence-electron chi connectivity index (χ3n) is 2.61. The largest absolute Gasteiger partial charge is 0.465 e. The van der Waals surface area contributed by atoms with E-state index in [1.165, 1.54) is 7.11 Å². The summed E-state index contributed by atoms with van der Waals surface area (Å²) >= 11 is 0. The zero-order valence-corrected chi connectivity index (χ0v) is 7.99. The number of aryl methyl sites for hydroxylation is 1. The van der Waals surface area contributed by atoms with E-state index in [4.69, 9.17) is 0 Å². The lowest BCUT2D eigenvalue weighted by Gasteiger charge is -2.05. The van der Waals surface area contributed by atoms with E-state index >= 15 is 0 Å². The van der Waals surface area contributed by atoms with E-state index in [1.54, 1.807) is 18.2 Å². The zero-order valence-electron chi connectivity index (χ0n) is 7.99. The van der Waals surface area contributed by atoms with Gasteiger partial charge >= 0.3 is 5.97 Å². The molecule has 14 heavy (non-hydrogen) atoms. The minimum atomic E-state index is -0.364. The molecule has 1 aromatic carbocycles. The molecule has 1 aliphatic rings. The first-order chi connectivity index (χ1) is 6.72. The average Bonchev–Trinajstić information content (AvgIpc) is 2.59. The van der Waals surface area contributed by atoms with Crippen LogP contribution in [0.25, 0.3) is 0 Å². The monoisotopic (exact) mass is 192 g/mol. The quantitative estimate of drug-likeness (QED) is 0.685. The summed E-state index contributed by atoms with van der Waals surface area (Å²) in [4.78, 5) is 11.2. The molecule has 74 valence electrons. The maximum Gasteiger partial charge on any atom is 0.337 e. The molecule has 1 aliphatic carbocycles. The molecular formula is C11H12O3. The molecule has 0 aliphatic heterocycles. The van der Waals surface area contributed by atoms with Crippen molar-refractivity contribution in [2.75, 3.05) is 7.11 Å². The number of methoxy groups -OCH3 is 1. The van der Waals surface area contributed by atoms with Gasteiger partial charge in [0.2, 0.25) is 0 Å². The van der Waals surface area contributed by atoms with Crippen molar-refractivity contribution in [3.63, 3.8) is 0 Å². The number of hydrogen-bond acceptors (Lipinski definition) is 3. The predicted octanol–water partition coefficient (Wildman–Crippen LogP) is 1.45. The normalized spacial score (nSPS) is 19.1. The van der Waals surface area contributed by atoms with Crippen LogP contribution in [0.15, 0.2) is 18.2 Å². The van der Waals surface area contributed by atoms with Crippen molar-refractivity contribution in [2.45, 2.75) is 18.9 Å². The maximum atomic E-state index is 11.2. The Morgan fingerprint density at radius 1 is 1.57 bits per heavy atom. The van der Waals surface area contributed by atoms with Gasteiger partial charge in [-0.2, -0.15) is 0 Å². The summed E-state index contributed by atoms with van der Waals surface area (Å²) in [5.41, 5.74) is 2.55. The standard InChI is InChI=1S/C11H12O3/c1-14-11(13)8-2-4-9-7(6-8)3-5-10(9)12/h2,4,6,10,12H,3,5H2,1H3/t10-/m0/s1. The first kappa shape index (κ1) is 9.21. The molecule has 0 saturated carbocycles. The molecule has 3 heteroatoms. The summed E-state index contributed by atoms with van der Waals surface area (Å²) in [6.45, 7) is 0. The molecular weight excluding hydrogens is 180 g/mol. The van der Waals surface area contributed by atoms with Crippen LogP contribution < -0.4 is 0 Å². The lowest BCUT2D eigenvalue weighted by molar-refractivity contribution is 0.0600. The van der Waals surface area contributed by atoms with Crippen molar-refractivity contribution in [1.29, 1.82) is 0 Å². The van der Waals surface area contributed by atoms with Gasteiger partial charge in [0, 0.05) is 0 Å². The van der Waals surface area contributed by atoms with Gasteiger partial charge in [-0.3, -0.25) is 0 Å². The summed E-state index contributed by atoms with van der Waals surface area (Å²) in [6, 6.07) is 5.30. The van der Waals surface area contributed by atoms with Gasteiger partial charge in [-0.05, 0) is 36.1 Å². The Hall–Kier alpha value is -1.35. The van der Waals surface area contributed by atoms with Gasteiger partial charge in [0.15, 0.2) is 0 Å². The number of carbonyl (C=O) groups excluding carboxylic acids is 1. The fraction of sp³-hybridized carbons (Fsp3) is 0.364. The molecule has 0 saturated heterocycles. The molecule has 3 nitrogen and oxygen atoms in total. The van der Waals surface area contributed by atoms with Crippen molar-refractivity contribution in [1.82, 2.24) is 0 Å². The third-order valence-corrected chi connectivity index (χ3v) is 2.61. The van der Waals surface area contributed by atoms with Gasteiger partial charge < -0.3 is 9.84 Å². The number of ether oxygens (including phenoxy) is 1. The molecule has 0 spiro atoms. The highest BCUT2D eigenvalue weighted by Gasteiger charge is 2.21. The molecule has 1 N–H and O–H groups in total. The van der Waals surface area contributed by atoms with Crippen molar-refractivity contribution < 1.29 is 14.6 Å². The van der Waals surface area contributed by atoms with Crippen LogP contribution in [0.3, 0.4) is 0 Å². The highest BCUT2D eigenvalue weighted by molar-refractivity contribution is 5.89. The number of aliphatic hydroxyl groups excluding tert-OH is 1. The molecule has 0 amide bonds. The number of esters is 1. The van der Waals surface area contributed by atoms with Gasteiger partial charge in [0.05, 0.1) is 18.8 Å². The fourth-order valence-electron chi connectivity index (χ4n) is 1.84. The number of hydrogen-bond donors (Lipinski definition) is 1. The molecule has 0 aromatic heterocycles. The van der Waals surface area contributed by atoms with Gasteiger partial charge in [-0.1, -0.05) is 6.07 Å². The molecule has 0 unspecified atom stereocenters. The number of fused-ring (bicyclic) bond motifs is 1. The average molecular weight is 192 g/mol. The maximum absolute atomic E-state index is 11.2. The molecule has 0 fully saturated rings. The summed E-state index contributed by atoms with van der Waals surface area (Å²) in [7, 11) is 1.37. The number of benzene rings is 1. The molecule has 1 aromatic rings. The van der Waals surface area contributed by atoms with E-state index < -0.39 is 0 Å². The summed E-state index contributed by atoms with van der Waals surface area (Å²) in [5, 5.41) is 9.55. The van der Waals surface area contributed by atoms with E-state index in [2.05, 4.69) is 4.74 Å². The van der Waals surface area contributed by atoms with Gasteiger partial charge in [0.1, 0.15) is 0 Å². The number of carbonyl (C=O) groups is 1. The Morgan fingerprint density at radius 2 is 2.36 bits per heavy atom. The molecule has 0 radical (unpaired) electrons. The van der Waals surface area contributed by atoms with E-state index in [0.717, 1.165) is 24.0 Å². The molecule has 2 rings (SSSR count). The fourth-order valence-corrected chi connectivity index (χ4v) is 1.84. The lowest BCUT2D eigenvalue weighted by atomic mass is 10.1. The van der Waals surface area contributed by atoms with Crippen molar-refractivity contribution >= 4 is 5.97 Å². The van der Waals surface area contributed by atoms with Crippen molar-refractivity contribution in [2.24, 2.45) is 0 Å². The first-order valence-corrected chi connectivity index (χ1v) is 4.61. The van der Waals surface area contributed by atoms with Crippen molar-refractivity contribution in [3.05, 3.63) is 34.9 Å². The van der Waals surface area contributed by atoms with E-state index in [9.17, 15) is 9.90 Å². The van der Waals surface area contributed by atoms with Crippen LogP contribution in [0.4, 0.5) is 0 Å². The van der Waals surface area contributed by atoms with Crippen LogP contribution in [0.1, 0.15) is 34.0 Å². The second-order valence-electron chi connectivity index (χ2n) is 3.46. The zero-order chi connectivity index (χ0) is 10.1. The van der Waals surface area contributed by atoms with Crippen LogP contribution in [-0.4, -0.2) is 18.2 Å². The van der Waals surface area contributed by atoms with Crippen LogP contribution in [0.5, 0.6) is 0 Å². The van der Waals surface area contributed by atoms with E-state index in [1.807, 2.05) is 0 Å². The van der Waals surface area contributed by atoms with Crippen LogP contribution in [0, 0.1) is 0 Å². The molecule has 0 bridgehead atoms. The van der Waals surface area contributed by atoms with E-state index in [-0.39, 0.29) is 12.1 Å². The van der Waals surface area contributed by atoms with Gasteiger partial charge in [-0.15, -0.1) is 0 Å². The van der Waals surface area contributed by atoms with Crippen LogP contribution >= 0.6 is 0 Å². The second-order valence-corrected chi connectivity index (χ2v) is 3.46. The lowest BCUT2D eigenvalue weighted by Crippen LogP contribution is -2.02. The first-order valence-electron chi connectivity index (χ1n) is 4.61. The third kappa shape index (κ3) is 1.40. The van der Waals surface area contributed by atoms with Gasteiger partial charge in [0.25, 0.3) is 0 Å². The number of rotatable bonds is 1. The van der Waals surface area contributed by atoms with Crippen LogP contribution in [-0.2, 0) is 11.2 Å².